The van der Waals surface area contributed by atoms with Crippen LogP contribution in [-0.4, -0.2) is 12.1 Å². The number of hydrogen-bond acceptors (Lipinski definition) is 3. The molecule has 0 fully saturated rings. The second-order valence-corrected chi connectivity index (χ2v) is 5.32. The van der Waals surface area contributed by atoms with E-state index in [2.05, 4.69) is 26.5 Å². The Morgan fingerprint density at radius 3 is 2.76 bits per heavy atom. The van der Waals surface area contributed by atoms with Crippen LogP contribution in [0.2, 0.25) is 0 Å². The molecular weight excluding hydrogens is 332 g/mol. The Hall–Kier alpha value is -2.40. The zero-order chi connectivity index (χ0) is 14.7. The maximum absolute atomic E-state index is 12.0. The van der Waals surface area contributed by atoms with Crippen LogP contribution in [0.25, 0.3) is 11.0 Å². The van der Waals surface area contributed by atoms with Crippen molar-refractivity contribution in [3.8, 4) is 0 Å². The van der Waals surface area contributed by atoms with E-state index in [4.69, 9.17) is 4.42 Å². The van der Waals surface area contributed by atoms with Gasteiger partial charge in [0.1, 0.15) is 5.58 Å². The summed E-state index contributed by atoms with van der Waals surface area (Å²) < 4.78 is 6.42. The summed E-state index contributed by atoms with van der Waals surface area (Å²) in [6, 6.07) is 16.8. The van der Waals surface area contributed by atoms with Crippen LogP contribution in [0.1, 0.15) is 16.1 Å². The standard InChI is InChI=1S/C16H11BrN2O2/c17-13-6-7-14-12(8-13)9-15(21-14)16(20)19-18-10-11-4-2-1-3-5-11/h1-10H,(H,19,20)/b18-10+. The van der Waals surface area contributed by atoms with Crippen LogP contribution in [0.4, 0.5) is 0 Å². The van der Waals surface area contributed by atoms with Crippen LogP contribution in [0.5, 0.6) is 0 Å². The minimum absolute atomic E-state index is 0.230. The summed E-state index contributed by atoms with van der Waals surface area (Å²) in [6.45, 7) is 0. The summed E-state index contributed by atoms with van der Waals surface area (Å²) in [6.07, 6.45) is 1.58. The molecule has 0 saturated heterocycles. The third-order valence-corrected chi connectivity index (χ3v) is 3.37. The summed E-state index contributed by atoms with van der Waals surface area (Å²) >= 11 is 3.38. The van der Waals surface area contributed by atoms with Crippen LogP contribution < -0.4 is 5.43 Å². The Morgan fingerprint density at radius 1 is 1.14 bits per heavy atom. The lowest BCUT2D eigenvalue weighted by molar-refractivity contribution is 0.0929. The molecule has 104 valence electrons. The van der Waals surface area contributed by atoms with Gasteiger partial charge in [0.15, 0.2) is 5.76 Å². The molecule has 2 aromatic carbocycles. The Morgan fingerprint density at radius 2 is 1.95 bits per heavy atom. The predicted octanol–water partition coefficient (Wildman–Crippen LogP) is 3.96. The van der Waals surface area contributed by atoms with Gasteiger partial charge in [-0.1, -0.05) is 46.3 Å². The fourth-order valence-electron chi connectivity index (χ4n) is 1.89. The summed E-state index contributed by atoms with van der Waals surface area (Å²) in [4.78, 5) is 12.0. The van der Waals surface area contributed by atoms with E-state index in [1.165, 1.54) is 0 Å². The van der Waals surface area contributed by atoms with Gasteiger partial charge in [-0.25, -0.2) is 5.43 Å². The Bertz CT molecular complexity index is 810. The summed E-state index contributed by atoms with van der Waals surface area (Å²) in [5.74, 6) is -0.150. The fraction of sp³-hybridized carbons (Fsp3) is 0. The monoisotopic (exact) mass is 342 g/mol. The van der Waals surface area contributed by atoms with Gasteiger partial charge in [0.2, 0.25) is 0 Å². The number of fused-ring (bicyclic) bond motifs is 1. The number of nitrogens with zero attached hydrogens (tertiary/aromatic N) is 1. The van der Waals surface area contributed by atoms with Gasteiger partial charge in [-0.15, -0.1) is 0 Å². The number of furan rings is 1. The molecule has 0 bridgehead atoms. The first kappa shape index (κ1) is 13.6. The maximum Gasteiger partial charge on any atom is 0.307 e. The van der Waals surface area contributed by atoms with E-state index < -0.39 is 0 Å². The van der Waals surface area contributed by atoms with E-state index in [1.54, 1.807) is 12.3 Å². The molecule has 1 amide bonds. The number of amides is 1. The number of carbonyl (C=O) groups is 1. The molecule has 1 heterocycles. The van der Waals surface area contributed by atoms with Gasteiger partial charge in [-0.2, -0.15) is 5.10 Å². The SMILES string of the molecule is O=C(N/N=C/c1ccccc1)c1cc2cc(Br)ccc2o1. The van der Waals surface area contributed by atoms with Crippen molar-refractivity contribution in [3.05, 3.63) is 70.4 Å². The first-order valence-electron chi connectivity index (χ1n) is 6.30. The van der Waals surface area contributed by atoms with Crippen LogP contribution in [0.15, 0.2) is 68.6 Å². The van der Waals surface area contributed by atoms with Crippen molar-refractivity contribution in [1.82, 2.24) is 5.43 Å². The molecule has 21 heavy (non-hydrogen) atoms. The minimum Gasteiger partial charge on any atom is -0.451 e. The van der Waals surface area contributed by atoms with Crippen LogP contribution >= 0.6 is 15.9 Å². The van der Waals surface area contributed by atoms with Gasteiger partial charge >= 0.3 is 5.91 Å². The first-order chi connectivity index (χ1) is 10.2. The number of halogens is 1. The highest BCUT2D eigenvalue weighted by Gasteiger charge is 2.11. The number of nitrogens with one attached hydrogen (secondary N) is 1. The minimum atomic E-state index is -0.380. The van der Waals surface area contributed by atoms with Crippen molar-refractivity contribution < 1.29 is 9.21 Å². The van der Waals surface area contributed by atoms with Crippen LogP contribution in [-0.2, 0) is 0 Å². The molecule has 0 atom stereocenters. The van der Waals surface area contributed by atoms with Gasteiger partial charge in [0, 0.05) is 9.86 Å². The largest absolute Gasteiger partial charge is 0.451 e. The molecule has 0 saturated carbocycles. The molecule has 4 nitrogen and oxygen atoms in total. The highest BCUT2D eigenvalue weighted by atomic mass is 79.9. The zero-order valence-electron chi connectivity index (χ0n) is 10.9. The Kier molecular flexibility index (Phi) is 3.83. The molecule has 3 aromatic rings. The third-order valence-electron chi connectivity index (χ3n) is 2.88. The van der Waals surface area contributed by atoms with Crippen LogP contribution in [0, 0.1) is 0 Å². The maximum atomic E-state index is 12.0. The molecule has 5 heteroatoms. The quantitative estimate of drug-likeness (QED) is 0.578. The molecular formula is C16H11BrN2O2. The van der Waals surface area contributed by atoms with E-state index in [-0.39, 0.29) is 11.7 Å². The summed E-state index contributed by atoms with van der Waals surface area (Å²) in [5, 5.41) is 4.77. The lowest BCUT2D eigenvalue weighted by atomic mass is 10.2. The number of rotatable bonds is 3. The third kappa shape index (κ3) is 3.20. The lowest BCUT2D eigenvalue weighted by Crippen LogP contribution is -2.16. The van der Waals surface area contributed by atoms with E-state index in [0.29, 0.717) is 5.58 Å². The molecule has 1 aromatic heterocycles. The second kappa shape index (κ2) is 5.93. The number of carbonyl (C=O) groups excluding carboxylic acids is 1. The Balaban J connectivity index is 1.73. The van der Waals surface area contributed by atoms with Gasteiger partial charge in [-0.05, 0) is 29.8 Å². The smallest absolute Gasteiger partial charge is 0.307 e. The zero-order valence-corrected chi connectivity index (χ0v) is 12.5. The molecule has 0 spiro atoms. The molecule has 0 aliphatic carbocycles. The van der Waals surface area contributed by atoms with Crippen molar-refractivity contribution in [2.75, 3.05) is 0 Å². The highest BCUT2D eigenvalue weighted by Crippen LogP contribution is 2.23. The number of hydrogen-bond donors (Lipinski definition) is 1. The average molecular weight is 343 g/mol. The van der Waals surface area contributed by atoms with Gasteiger partial charge in [0.25, 0.3) is 0 Å². The molecule has 0 aliphatic rings. The van der Waals surface area contributed by atoms with Crippen molar-refractivity contribution in [2.45, 2.75) is 0 Å². The van der Waals surface area contributed by atoms with Crippen molar-refractivity contribution in [2.24, 2.45) is 5.10 Å². The highest BCUT2D eigenvalue weighted by molar-refractivity contribution is 9.10. The number of benzene rings is 2. The summed E-state index contributed by atoms with van der Waals surface area (Å²) in [7, 11) is 0. The molecule has 1 N–H and O–H groups in total. The van der Waals surface area contributed by atoms with Crippen molar-refractivity contribution >= 4 is 39.0 Å². The molecule has 3 rings (SSSR count). The number of hydrazone groups is 1. The van der Waals surface area contributed by atoms with E-state index in [0.717, 1.165) is 15.4 Å². The molecule has 0 aliphatic heterocycles. The van der Waals surface area contributed by atoms with Gasteiger partial charge in [0.05, 0.1) is 6.21 Å². The second-order valence-electron chi connectivity index (χ2n) is 4.40. The van der Waals surface area contributed by atoms with Crippen molar-refractivity contribution in [3.63, 3.8) is 0 Å². The Labute approximate surface area is 129 Å². The first-order valence-corrected chi connectivity index (χ1v) is 7.09. The van der Waals surface area contributed by atoms with E-state index in [9.17, 15) is 4.79 Å². The van der Waals surface area contributed by atoms with Gasteiger partial charge in [-0.3, -0.25) is 4.79 Å². The molecule has 0 unspecified atom stereocenters. The normalized spacial score (nSPS) is 11.1. The van der Waals surface area contributed by atoms with Crippen molar-refractivity contribution in [1.29, 1.82) is 0 Å². The lowest BCUT2D eigenvalue weighted by Gasteiger charge is -1.95. The molecule has 0 radical (unpaired) electrons. The average Bonchev–Trinajstić information content (AvgIpc) is 2.91. The van der Waals surface area contributed by atoms with E-state index >= 15 is 0 Å². The topological polar surface area (TPSA) is 54.6 Å². The summed E-state index contributed by atoms with van der Waals surface area (Å²) in [5.41, 5.74) is 4.02. The van der Waals surface area contributed by atoms with Gasteiger partial charge < -0.3 is 4.42 Å². The van der Waals surface area contributed by atoms with E-state index in [1.807, 2.05) is 48.5 Å². The predicted molar refractivity (Wildman–Crippen MR) is 85.4 cm³/mol. The van der Waals surface area contributed by atoms with Crippen LogP contribution in [0.3, 0.4) is 0 Å². The fourth-order valence-corrected chi connectivity index (χ4v) is 2.26.